The molecule has 0 saturated carbocycles. The highest BCUT2D eigenvalue weighted by molar-refractivity contribution is 9.10. The first-order valence-electron chi connectivity index (χ1n) is 6.71. The molecule has 0 radical (unpaired) electrons. The van der Waals surface area contributed by atoms with E-state index in [0.717, 1.165) is 12.1 Å². The molecule has 0 heterocycles. The van der Waals surface area contributed by atoms with Gasteiger partial charge in [0.05, 0.1) is 10.5 Å². The third kappa shape index (κ3) is 2.94. The van der Waals surface area contributed by atoms with Crippen LogP contribution in [0, 0.1) is 0 Å². The normalized spacial score (nSPS) is 21.6. The lowest BCUT2D eigenvalue weighted by molar-refractivity contribution is 0.307. The van der Waals surface area contributed by atoms with E-state index in [2.05, 4.69) is 79.2 Å². The van der Waals surface area contributed by atoms with Crippen molar-refractivity contribution in [3.63, 3.8) is 0 Å². The largest absolute Gasteiger partial charge is 0.455 e. The minimum Gasteiger partial charge on any atom is -0.455 e. The van der Waals surface area contributed by atoms with Crippen molar-refractivity contribution in [2.45, 2.75) is 50.2 Å². The third-order valence-electron chi connectivity index (χ3n) is 4.17. The van der Waals surface area contributed by atoms with Crippen LogP contribution in [-0.4, -0.2) is 18.9 Å². The molecule has 104 valence electrons. The van der Waals surface area contributed by atoms with Gasteiger partial charge in [-0.05, 0) is 30.1 Å². The van der Waals surface area contributed by atoms with Gasteiger partial charge in [-0.3, -0.25) is 0 Å². The SMILES string of the molecule is CC(C)(C)[Si](C)(C)ON=C1c2ccccc2CC1Br. The van der Waals surface area contributed by atoms with Gasteiger partial charge >= 0.3 is 0 Å². The summed E-state index contributed by atoms with van der Waals surface area (Å²) in [5.74, 6) is 0. The van der Waals surface area contributed by atoms with E-state index in [1.165, 1.54) is 11.1 Å². The van der Waals surface area contributed by atoms with Gasteiger partial charge in [0.25, 0.3) is 8.32 Å². The Hall–Kier alpha value is -0.613. The molecule has 4 heteroatoms. The lowest BCUT2D eigenvalue weighted by Crippen LogP contribution is -2.39. The fourth-order valence-electron chi connectivity index (χ4n) is 1.81. The second-order valence-corrected chi connectivity index (χ2v) is 12.5. The highest BCUT2D eigenvalue weighted by Crippen LogP contribution is 2.37. The van der Waals surface area contributed by atoms with Crippen LogP contribution >= 0.6 is 15.9 Å². The predicted octanol–water partition coefficient (Wildman–Crippen LogP) is 4.73. The second kappa shape index (κ2) is 5.06. The van der Waals surface area contributed by atoms with Gasteiger partial charge in [0.15, 0.2) is 0 Å². The van der Waals surface area contributed by atoms with Gasteiger partial charge in [-0.25, -0.2) is 0 Å². The Bertz CT molecular complexity index is 505. The van der Waals surface area contributed by atoms with Crippen LogP contribution in [0.3, 0.4) is 0 Å². The van der Waals surface area contributed by atoms with E-state index >= 15 is 0 Å². The van der Waals surface area contributed by atoms with Gasteiger partial charge in [0, 0.05) is 5.56 Å². The molecule has 0 bridgehead atoms. The van der Waals surface area contributed by atoms with Crippen LogP contribution in [0.4, 0.5) is 0 Å². The maximum absolute atomic E-state index is 6.00. The van der Waals surface area contributed by atoms with E-state index in [0.29, 0.717) is 0 Å². The van der Waals surface area contributed by atoms with Crippen molar-refractivity contribution in [2.75, 3.05) is 0 Å². The lowest BCUT2D eigenvalue weighted by atomic mass is 10.1. The third-order valence-corrected chi connectivity index (χ3v) is 9.09. The number of hydrogen-bond acceptors (Lipinski definition) is 2. The van der Waals surface area contributed by atoms with E-state index in [1.807, 2.05) is 0 Å². The molecule has 0 amide bonds. The molecular formula is C15H22BrNOSi. The molecule has 0 fully saturated rings. The topological polar surface area (TPSA) is 21.6 Å². The molecule has 1 aliphatic rings. The second-order valence-electron chi connectivity index (χ2n) is 6.66. The minimum absolute atomic E-state index is 0.178. The van der Waals surface area contributed by atoms with Crippen molar-refractivity contribution in [3.05, 3.63) is 35.4 Å². The summed E-state index contributed by atoms with van der Waals surface area (Å²) in [4.78, 5) is 0.273. The van der Waals surface area contributed by atoms with Crippen molar-refractivity contribution >= 4 is 30.0 Å². The summed E-state index contributed by atoms with van der Waals surface area (Å²) in [5, 5.41) is 4.69. The Morgan fingerprint density at radius 3 is 2.53 bits per heavy atom. The molecule has 2 nitrogen and oxygen atoms in total. The molecule has 0 aromatic heterocycles. The Kier molecular flexibility index (Phi) is 3.94. The maximum Gasteiger partial charge on any atom is 0.286 e. The zero-order valence-corrected chi connectivity index (χ0v) is 14.9. The zero-order chi connectivity index (χ0) is 14.3. The van der Waals surface area contributed by atoms with Gasteiger partial charge in [-0.1, -0.05) is 61.0 Å². The van der Waals surface area contributed by atoms with E-state index in [1.54, 1.807) is 0 Å². The molecular weight excluding hydrogens is 318 g/mol. The molecule has 1 atom stereocenters. The fraction of sp³-hybridized carbons (Fsp3) is 0.533. The first kappa shape index (κ1) is 14.8. The molecule has 0 N–H and O–H groups in total. The van der Waals surface area contributed by atoms with Gasteiger partial charge in [-0.2, -0.15) is 0 Å². The van der Waals surface area contributed by atoms with Crippen molar-refractivity contribution in [1.29, 1.82) is 0 Å². The van der Waals surface area contributed by atoms with Crippen LogP contribution in [0.5, 0.6) is 0 Å². The van der Waals surface area contributed by atoms with Gasteiger partial charge < -0.3 is 4.53 Å². The average molecular weight is 340 g/mol. The first-order chi connectivity index (χ1) is 8.72. The van der Waals surface area contributed by atoms with Crippen LogP contribution in [0.1, 0.15) is 31.9 Å². The Labute approximate surface area is 125 Å². The highest BCUT2D eigenvalue weighted by atomic mass is 79.9. The number of oxime groups is 1. The maximum atomic E-state index is 6.00. The monoisotopic (exact) mass is 339 g/mol. The Balaban J connectivity index is 2.26. The lowest BCUT2D eigenvalue weighted by Gasteiger charge is -2.33. The quantitative estimate of drug-likeness (QED) is 0.433. The molecule has 0 aliphatic heterocycles. The fourth-order valence-corrected chi connectivity index (χ4v) is 3.09. The van der Waals surface area contributed by atoms with E-state index in [9.17, 15) is 0 Å². The number of alkyl halides is 1. The molecule has 2 rings (SSSR count). The standard InChI is InChI=1S/C15H22BrNOSi/c1-15(2,3)19(4,5)18-17-14-12-9-7-6-8-11(12)10-13(14)16/h6-9,13H,10H2,1-5H3. The molecule has 0 saturated heterocycles. The van der Waals surface area contributed by atoms with Crippen molar-refractivity contribution in [3.8, 4) is 0 Å². The summed E-state index contributed by atoms with van der Waals surface area (Å²) >= 11 is 3.71. The molecule has 1 aromatic carbocycles. The van der Waals surface area contributed by atoms with Crippen LogP contribution in [0.15, 0.2) is 29.4 Å². The number of fused-ring (bicyclic) bond motifs is 1. The predicted molar refractivity (Wildman–Crippen MR) is 87.7 cm³/mol. The molecule has 1 unspecified atom stereocenters. The average Bonchev–Trinajstić information content (AvgIpc) is 2.60. The van der Waals surface area contributed by atoms with Gasteiger partial charge in [-0.15, -0.1) is 5.16 Å². The minimum atomic E-state index is -1.83. The van der Waals surface area contributed by atoms with Gasteiger partial charge in [0.1, 0.15) is 0 Å². The van der Waals surface area contributed by atoms with Crippen LogP contribution in [0.25, 0.3) is 0 Å². The molecule has 1 aliphatic carbocycles. The van der Waals surface area contributed by atoms with E-state index in [4.69, 9.17) is 4.53 Å². The van der Waals surface area contributed by atoms with Gasteiger partial charge in [0.2, 0.25) is 0 Å². The number of rotatable bonds is 2. The number of hydrogen-bond donors (Lipinski definition) is 0. The number of nitrogens with zero attached hydrogens (tertiary/aromatic N) is 1. The first-order valence-corrected chi connectivity index (χ1v) is 10.5. The zero-order valence-electron chi connectivity index (χ0n) is 12.3. The number of halogens is 1. The van der Waals surface area contributed by atoms with Crippen molar-refractivity contribution in [2.24, 2.45) is 5.16 Å². The summed E-state index contributed by atoms with van der Waals surface area (Å²) < 4.78 is 6.00. The smallest absolute Gasteiger partial charge is 0.286 e. The van der Waals surface area contributed by atoms with E-state index < -0.39 is 8.32 Å². The van der Waals surface area contributed by atoms with Crippen LogP contribution in [-0.2, 0) is 10.9 Å². The Morgan fingerprint density at radius 1 is 1.26 bits per heavy atom. The summed E-state index contributed by atoms with van der Waals surface area (Å²) in [6, 6.07) is 8.44. The Morgan fingerprint density at radius 2 is 1.89 bits per heavy atom. The summed E-state index contributed by atoms with van der Waals surface area (Å²) in [6.45, 7) is 11.1. The molecule has 19 heavy (non-hydrogen) atoms. The van der Waals surface area contributed by atoms with E-state index in [-0.39, 0.29) is 9.87 Å². The van der Waals surface area contributed by atoms with Crippen molar-refractivity contribution in [1.82, 2.24) is 0 Å². The summed E-state index contributed by atoms with van der Waals surface area (Å²) in [6.07, 6.45) is 0.996. The summed E-state index contributed by atoms with van der Waals surface area (Å²) in [7, 11) is -1.83. The highest BCUT2D eigenvalue weighted by Gasteiger charge is 2.40. The van der Waals surface area contributed by atoms with Crippen LogP contribution < -0.4 is 0 Å². The molecule has 0 spiro atoms. The van der Waals surface area contributed by atoms with Crippen LogP contribution in [0.2, 0.25) is 18.1 Å². The number of benzene rings is 1. The van der Waals surface area contributed by atoms with Crippen molar-refractivity contribution < 1.29 is 4.53 Å². The summed E-state index contributed by atoms with van der Waals surface area (Å²) in [5.41, 5.74) is 3.62. The molecule has 1 aromatic rings.